The molecule has 0 aliphatic rings. The normalized spacial score (nSPS) is 10.9. The Morgan fingerprint density at radius 3 is 2.71 bits per heavy atom. The fourth-order valence-electron chi connectivity index (χ4n) is 1.64. The highest BCUT2D eigenvalue weighted by atomic mass is 16.5. The van der Waals surface area contributed by atoms with Gasteiger partial charge in [0.05, 0.1) is 13.2 Å². The number of aromatic nitrogens is 1. The first-order valence-electron chi connectivity index (χ1n) is 6.39. The van der Waals surface area contributed by atoms with Gasteiger partial charge in [0, 0.05) is 11.8 Å². The Hall–Kier alpha value is -1.09. The van der Waals surface area contributed by atoms with Gasteiger partial charge >= 0.3 is 0 Å². The van der Waals surface area contributed by atoms with E-state index in [2.05, 4.69) is 18.8 Å². The van der Waals surface area contributed by atoms with Crippen molar-refractivity contribution in [2.45, 2.75) is 46.6 Å². The molecule has 0 radical (unpaired) electrons. The maximum Gasteiger partial charge on any atom is 0.213 e. The van der Waals surface area contributed by atoms with Crippen molar-refractivity contribution in [1.82, 2.24) is 4.98 Å². The van der Waals surface area contributed by atoms with Crippen LogP contribution in [0, 0.1) is 5.92 Å². The quantitative estimate of drug-likeness (QED) is 0.741. The monoisotopic (exact) mass is 237 g/mol. The van der Waals surface area contributed by atoms with Crippen LogP contribution in [-0.4, -0.2) is 16.7 Å². The molecule has 0 atom stereocenters. The minimum absolute atomic E-state index is 0.0396. The van der Waals surface area contributed by atoms with Gasteiger partial charge in [0.2, 0.25) is 5.88 Å². The number of hydrogen-bond acceptors (Lipinski definition) is 3. The van der Waals surface area contributed by atoms with Crippen molar-refractivity contribution in [3.8, 4) is 5.88 Å². The van der Waals surface area contributed by atoms with E-state index < -0.39 is 0 Å². The third-order valence-corrected chi connectivity index (χ3v) is 2.64. The summed E-state index contributed by atoms with van der Waals surface area (Å²) >= 11 is 0. The molecule has 3 nitrogen and oxygen atoms in total. The molecular weight excluding hydrogens is 214 g/mol. The topological polar surface area (TPSA) is 42.4 Å². The average molecular weight is 237 g/mol. The summed E-state index contributed by atoms with van der Waals surface area (Å²) in [5, 5.41) is 9.14. The molecule has 1 rings (SSSR count). The number of pyridine rings is 1. The Balaban J connectivity index is 2.51. The van der Waals surface area contributed by atoms with Gasteiger partial charge < -0.3 is 9.84 Å². The van der Waals surface area contributed by atoms with Crippen molar-refractivity contribution < 1.29 is 9.84 Å². The molecule has 17 heavy (non-hydrogen) atoms. The van der Waals surface area contributed by atoms with Gasteiger partial charge in [0.1, 0.15) is 0 Å². The van der Waals surface area contributed by atoms with Crippen LogP contribution in [0.15, 0.2) is 12.1 Å². The van der Waals surface area contributed by atoms with E-state index in [1.54, 1.807) is 0 Å². The molecule has 3 heteroatoms. The SMILES string of the molecule is CCc1cc(CO)cc(OCCCC(C)C)n1. The van der Waals surface area contributed by atoms with Gasteiger partial charge in [0.25, 0.3) is 0 Å². The zero-order valence-corrected chi connectivity index (χ0v) is 11.1. The summed E-state index contributed by atoms with van der Waals surface area (Å²) in [5.41, 5.74) is 1.84. The first-order chi connectivity index (χ1) is 8.15. The van der Waals surface area contributed by atoms with Crippen LogP contribution in [0.3, 0.4) is 0 Å². The second kappa shape index (κ2) is 7.28. The molecule has 0 aromatic carbocycles. The summed E-state index contributed by atoms with van der Waals surface area (Å²) < 4.78 is 5.62. The predicted molar refractivity (Wildman–Crippen MR) is 69.1 cm³/mol. The van der Waals surface area contributed by atoms with E-state index in [9.17, 15) is 0 Å². The fraction of sp³-hybridized carbons (Fsp3) is 0.643. The fourth-order valence-corrected chi connectivity index (χ4v) is 1.64. The summed E-state index contributed by atoms with van der Waals surface area (Å²) in [6.45, 7) is 7.20. The largest absolute Gasteiger partial charge is 0.478 e. The van der Waals surface area contributed by atoms with Crippen LogP contribution in [0.2, 0.25) is 0 Å². The third-order valence-electron chi connectivity index (χ3n) is 2.64. The van der Waals surface area contributed by atoms with Crippen molar-refractivity contribution >= 4 is 0 Å². The molecule has 1 aromatic rings. The lowest BCUT2D eigenvalue weighted by Crippen LogP contribution is -2.03. The lowest BCUT2D eigenvalue weighted by Gasteiger charge is -2.09. The van der Waals surface area contributed by atoms with Gasteiger partial charge in [-0.2, -0.15) is 0 Å². The van der Waals surface area contributed by atoms with E-state index in [4.69, 9.17) is 9.84 Å². The lowest BCUT2D eigenvalue weighted by atomic mass is 10.1. The van der Waals surface area contributed by atoms with Gasteiger partial charge in [-0.1, -0.05) is 20.8 Å². The molecular formula is C14H23NO2. The second-order valence-electron chi connectivity index (χ2n) is 4.70. The van der Waals surface area contributed by atoms with Crippen LogP contribution < -0.4 is 4.74 Å². The third kappa shape index (κ3) is 5.18. The summed E-state index contributed by atoms with van der Waals surface area (Å²) in [6, 6.07) is 3.73. The summed E-state index contributed by atoms with van der Waals surface area (Å²) in [5.74, 6) is 1.35. The maximum absolute atomic E-state index is 9.14. The van der Waals surface area contributed by atoms with Crippen LogP contribution in [0.25, 0.3) is 0 Å². The molecule has 0 saturated heterocycles. The Labute approximate surface area is 104 Å². The highest BCUT2D eigenvalue weighted by Gasteiger charge is 2.02. The zero-order valence-electron chi connectivity index (χ0n) is 11.1. The molecule has 0 bridgehead atoms. The number of ether oxygens (including phenoxy) is 1. The second-order valence-corrected chi connectivity index (χ2v) is 4.70. The highest BCUT2D eigenvalue weighted by Crippen LogP contribution is 2.14. The van der Waals surface area contributed by atoms with Crippen molar-refractivity contribution in [2.75, 3.05) is 6.61 Å². The van der Waals surface area contributed by atoms with Crippen molar-refractivity contribution in [1.29, 1.82) is 0 Å². The van der Waals surface area contributed by atoms with Gasteiger partial charge in [-0.3, -0.25) is 0 Å². The van der Waals surface area contributed by atoms with Crippen molar-refractivity contribution in [3.63, 3.8) is 0 Å². The molecule has 0 saturated carbocycles. The Morgan fingerprint density at radius 2 is 2.12 bits per heavy atom. The van der Waals surface area contributed by atoms with Crippen LogP contribution in [-0.2, 0) is 13.0 Å². The highest BCUT2D eigenvalue weighted by molar-refractivity contribution is 5.24. The average Bonchev–Trinajstić information content (AvgIpc) is 2.34. The number of aliphatic hydroxyl groups excluding tert-OH is 1. The van der Waals surface area contributed by atoms with Crippen LogP contribution in [0.1, 0.15) is 44.9 Å². The summed E-state index contributed by atoms with van der Waals surface area (Å²) in [4.78, 5) is 4.38. The maximum atomic E-state index is 9.14. The number of hydrogen-bond donors (Lipinski definition) is 1. The van der Waals surface area contributed by atoms with Crippen molar-refractivity contribution in [3.05, 3.63) is 23.4 Å². The molecule has 0 unspecified atom stereocenters. The Bertz CT molecular complexity index is 315. The Kier molecular flexibility index (Phi) is 5.98. The number of nitrogens with zero attached hydrogens (tertiary/aromatic N) is 1. The smallest absolute Gasteiger partial charge is 0.213 e. The molecule has 1 N–H and O–H groups in total. The van der Waals surface area contributed by atoms with E-state index >= 15 is 0 Å². The minimum Gasteiger partial charge on any atom is -0.478 e. The predicted octanol–water partition coefficient (Wildman–Crippen LogP) is 2.95. The molecule has 96 valence electrons. The van der Waals surface area contributed by atoms with E-state index in [0.29, 0.717) is 18.4 Å². The summed E-state index contributed by atoms with van der Waals surface area (Å²) in [7, 11) is 0. The van der Waals surface area contributed by atoms with E-state index in [1.807, 2.05) is 19.1 Å². The zero-order chi connectivity index (χ0) is 12.7. The van der Waals surface area contributed by atoms with E-state index in [-0.39, 0.29) is 6.61 Å². The van der Waals surface area contributed by atoms with Gasteiger partial charge in [-0.25, -0.2) is 4.98 Å². The molecule has 0 fully saturated rings. The standard InChI is InChI=1S/C14H23NO2/c1-4-13-8-12(10-16)9-14(15-13)17-7-5-6-11(2)3/h8-9,11,16H,4-7,10H2,1-3H3. The van der Waals surface area contributed by atoms with Crippen LogP contribution >= 0.6 is 0 Å². The van der Waals surface area contributed by atoms with Crippen LogP contribution in [0.4, 0.5) is 0 Å². The van der Waals surface area contributed by atoms with Gasteiger partial charge in [0.15, 0.2) is 0 Å². The molecule has 0 amide bonds. The molecule has 0 spiro atoms. The van der Waals surface area contributed by atoms with E-state index in [0.717, 1.165) is 24.1 Å². The first kappa shape index (κ1) is 14.0. The summed E-state index contributed by atoms with van der Waals surface area (Å²) in [6.07, 6.45) is 3.07. The number of rotatable bonds is 7. The van der Waals surface area contributed by atoms with Crippen molar-refractivity contribution in [2.24, 2.45) is 5.92 Å². The first-order valence-corrected chi connectivity index (χ1v) is 6.39. The van der Waals surface area contributed by atoms with Crippen LogP contribution in [0.5, 0.6) is 5.88 Å². The minimum atomic E-state index is 0.0396. The molecule has 0 aliphatic heterocycles. The lowest BCUT2D eigenvalue weighted by molar-refractivity contribution is 0.272. The molecule has 1 heterocycles. The molecule has 0 aliphatic carbocycles. The number of aryl methyl sites for hydroxylation is 1. The van der Waals surface area contributed by atoms with E-state index in [1.165, 1.54) is 6.42 Å². The Morgan fingerprint density at radius 1 is 1.35 bits per heavy atom. The molecule has 1 aromatic heterocycles. The number of aliphatic hydroxyl groups is 1. The van der Waals surface area contributed by atoms with Gasteiger partial charge in [-0.15, -0.1) is 0 Å². The van der Waals surface area contributed by atoms with Gasteiger partial charge in [-0.05, 0) is 36.8 Å².